The SMILES string of the molecule is COc1cccc(F)c1OC(=O)c1cncc(C(=O)Oc2c(F)cccc2OC)c1. The van der Waals surface area contributed by atoms with Crippen molar-refractivity contribution >= 4 is 11.9 Å². The number of hydrogen-bond donors (Lipinski definition) is 0. The van der Waals surface area contributed by atoms with Crippen molar-refractivity contribution in [3.8, 4) is 23.0 Å². The fraction of sp³-hybridized carbons (Fsp3) is 0.0952. The van der Waals surface area contributed by atoms with Crippen LogP contribution in [0, 0.1) is 11.6 Å². The molecule has 0 aliphatic carbocycles. The molecule has 0 bridgehead atoms. The second kappa shape index (κ2) is 8.99. The van der Waals surface area contributed by atoms with E-state index >= 15 is 0 Å². The topological polar surface area (TPSA) is 84.0 Å². The highest BCUT2D eigenvalue weighted by atomic mass is 19.1. The Kier molecular flexibility index (Phi) is 6.21. The van der Waals surface area contributed by atoms with Crippen molar-refractivity contribution in [2.45, 2.75) is 0 Å². The fourth-order valence-corrected chi connectivity index (χ4v) is 2.46. The van der Waals surface area contributed by atoms with Crippen LogP contribution < -0.4 is 18.9 Å². The van der Waals surface area contributed by atoms with Crippen molar-refractivity contribution in [3.05, 3.63) is 77.6 Å². The van der Waals surface area contributed by atoms with Crippen molar-refractivity contribution in [3.63, 3.8) is 0 Å². The Bertz CT molecular complexity index is 1020. The predicted octanol–water partition coefficient (Wildman–Crippen LogP) is 3.82. The van der Waals surface area contributed by atoms with Gasteiger partial charge < -0.3 is 18.9 Å². The molecule has 30 heavy (non-hydrogen) atoms. The number of methoxy groups -OCH3 is 2. The van der Waals surface area contributed by atoms with Gasteiger partial charge in [0.05, 0.1) is 25.3 Å². The summed E-state index contributed by atoms with van der Waals surface area (Å²) >= 11 is 0. The van der Waals surface area contributed by atoms with E-state index in [1.807, 2.05) is 0 Å². The number of nitrogens with zero attached hydrogens (tertiary/aromatic N) is 1. The molecule has 0 aliphatic heterocycles. The van der Waals surface area contributed by atoms with Crippen LogP contribution in [0.1, 0.15) is 20.7 Å². The van der Waals surface area contributed by atoms with Gasteiger partial charge in [-0.15, -0.1) is 0 Å². The van der Waals surface area contributed by atoms with Crippen LogP contribution in [0.2, 0.25) is 0 Å². The number of aromatic nitrogens is 1. The van der Waals surface area contributed by atoms with Gasteiger partial charge in [-0.25, -0.2) is 18.4 Å². The standard InChI is InChI=1S/C21H15F2NO6/c1-27-16-7-3-5-14(22)18(16)29-20(25)12-9-13(11-24-10-12)21(26)30-19-15(23)6-4-8-17(19)28-2/h3-11H,1-2H3. The zero-order chi connectivity index (χ0) is 21.7. The minimum atomic E-state index is -0.982. The predicted molar refractivity (Wildman–Crippen MR) is 100 cm³/mol. The number of esters is 2. The first-order chi connectivity index (χ1) is 14.4. The second-order valence-electron chi connectivity index (χ2n) is 5.78. The molecule has 0 atom stereocenters. The van der Waals surface area contributed by atoms with Gasteiger partial charge >= 0.3 is 11.9 Å². The molecule has 3 rings (SSSR count). The van der Waals surface area contributed by atoms with E-state index in [-0.39, 0.29) is 22.6 Å². The van der Waals surface area contributed by atoms with Crippen LogP contribution in [0.15, 0.2) is 54.9 Å². The molecule has 9 heteroatoms. The molecular weight excluding hydrogens is 400 g/mol. The lowest BCUT2D eigenvalue weighted by atomic mass is 10.2. The number of pyridine rings is 1. The van der Waals surface area contributed by atoms with Gasteiger partial charge in [-0.05, 0) is 30.3 Å². The third-order valence-electron chi connectivity index (χ3n) is 3.90. The van der Waals surface area contributed by atoms with Gasteiger partial charge in [0.2, 0.25) is 11.5 Å². The van der Waals surface area contributed by atoms with E-state index in [1.54, 1.807) is 0 Å². The Labute approximate surface area is 169 Å². The Morgan fingerprint density at radius 2 is 1.20 bits per heavy atom. The summed E-state index contributed by atoms with van der Waals surface area (Å²) in [6.45, 7) is 0. The Hall–Kier alpha value is -4.01. The summed E-state index contributed by atoms with van der Waals surface area (Å²) in [6, 6.07) is 8.93. The maximum absolute atomic E-state index is 14.0. The van der Waals surface area contributed by atoms with Crippen LogP contribution in [-0.2, 0) is 0 Å². The second-order valence-corrected chi connectivity index (χ2v) is 5.78. The lowest BCUT2D eigenvalue weighted by Gasteiger charge is -2.11. The van der Waals surface area contributed by atoms with E-state index in [2.05, 4.69) is 4.98 Å². The smallest absolute Gasteiger partial charge is 0.345 e. The fourth-order valence-electron chi connectivity index (χ4n) is 2.46. The van der Waals surface area contributed by atoms with Gasteiger partial charge in [0.25, 0.3) is 0 Å². The average Bonchev–Trinajstić information content (AvgIpc) is 2.76. The van der Waals surface area contributed by atoms with Gasteiger partial charge in [0, 0.05) is 12.4 Å². The quantitative estimate of drug-likeness (QED) is 0.447. The Morgan fingerprint density at radius 1 is 0.767 bits per heavy atom. The largest absolute Gasteiger partial charge is 0.493 e. The average molecular weight is 415 g/mol. The lowest BCUT2D eigenvalue weighted by Crippen LogP contribution is -2.14. The van der Waals surface area contributed by atoms with Crippen LogP contribution in [0.5, 0.6) is 23.0 Å². The van der Waals surface area contributed by atoms with Gasteiger partial charge in [-0.3, -0.25) is 4.98 Å². The zero-order valence-electron chi connectivity index (χ0n) is 15.8. The number of rotatable bonds is 6. The first-order valence-electron chi connectivity index (χ1n) is 8.49. The minimum absolute atomic E-state index is 0.0125. The highest BCUT2D eigenvalue weighted by Gasteiger charge is 2.20. The van der Waals surface area contributed by atoms with E-state index in [9.17, 15) is 18.4 Å². The first kappa shape index (κ1) is 20.7. The van der Waals surface area contributed by atoms with Crippen molar-refractivity contribution in [2.24, 2.45) is 0 Å². The highest BCUT2D eigenvalue weighted by molar-refractivity contribution is 5.96. The maximum Gasteiger partial charge on any atom is 0.345 e. The number of carbonyl (C=O) groups is 2. The maximum atomic E-state index is 14.0. The molecule has 0 spiro atoms. The summed E-state index contributed by atoms with van der Waals surface area (Å²) in [5.74, 6) is -4.37. The third kappa shape index (κ3) is 4.35. The summed E-state index contributed by atoms with van der Waals surface area (Å²) < 4.78 is 48.0. The number of hydrogen-bond acceptors (Lipinski definition) is 7. The van der Waals surface area contributed by atoms with Gasteiger partial charge in [-0.1, -0.05) is 12.1 Å². The van der Waals surface area contributed by atoms with E-state index in [0.717, 1.165) is 30.6 Å². The monoisotopic (exact) mass is 415 g/mol. The Morgan fingerprint density at radius 3 is 1.60 bits per heavy atom. The molecule has 0 unspecified atom stereocenters. The van der Waals surface area contributed by atoms with E-state index in [0.29, 0.717) is 0 Å². The molecule has 154 valence electrons. The normalized spacial score (nSPS) is 10.3. The summed E-state index contributed by atoms with van der Waals surface area (Å²) in [5, 5.41) is 0. The van der Waals surface area contributed by atoms with Crippen LogP contribution in [0.25, 0.3) is 0 Å². The molecule has 0 saturated heterocycles. The molecule has 0 amide bonds. The molecule has 0 fully saturated rings. The minimum Gasteiger partial charge on any atom is -0.493 e. The number of benzene rings is 2. The molecular formula is C21H15F2NO6. The van der Waals surface area contributed by atoms with Crippen molar-refractivity contribution < 1.29 is 37.3 Å². The zero-order valence-corrected chi connectivity index (χ0v) is 15.8. The number of para-hydroxylation sites is 2. The number of halogens is 2. The summed E-state index contributed by atoms with van der Waals surface area (Å²) in [7, 11) is 2.59. The van der Waals surface area contributed by atoms with Crippen LogP contribution in [-0.4, -0.2) is 31.1 Å². The van der Waals surface area contributed by atoms with Crippen LogP contribution >= 0.6 is 0 Å². The molecule has 7 nitrogen and oxygen atoms in total. The van der Waals surface area contributed by atoms with Crippen LogP contribution in [0.4, 0.5) is 8.78 Å². The van der Waals surface area contributed by atoms with E-state index in [1.165, 1.54) is 38.5 Å². The number of ether oxygens (including phenoxy) is 4. The van der Waals surface area contributed by atoms with Crippen molar-refractivity contribution in [1.29, 1.82) is 0 Å². The van der Waals surface area contributed by atoms with E-state index in [4.69, 9.17) is 18.9 Å². The molecule has 1 aromatic heterocycles. The summed E-state index contributed by atoms with van der Waals surface area (Å²) in [6.07, 6.45) is 2.24. The summed E-state index contributed by atoms with van der Waals surface area (Å²) in [5.41, 5.74) is -0.314. The van der Waals surface area contributed by atoms with Crippen molar-refractivity contribution in [2.75, 3.05) is 14.2 Å². The van der Waals surface area contributed by atoms with Gasteiger partial charge in [0.15, 0.2) is 23.1 Å². The summed E-state index contributed by atoms with van der Waals surface area (Å²) in [4.78, 5) is 28.6. The molecule has 0 radical (unpaired) electrons. The molecule has 0 saturated carbocycles. The van der Waals surface area contributed by atoms with Gasteiger partial charge in [-0.2, -0.15) is 0 Å². The lowest BCUT2D eigenvalue weighted by molar-refractivity contribution is 0.0720. The molecule has 1 heterocycles. The molecule has 3 aromatic rings. The highest BCUT2D eigenvalue weighted by Crippen LogP contribution is 2.31. The molecule has 2 aromatic carbocycles. The third-order valence-corrected chi connectivity index (χ3v) is 3.90. The molecule has 0 N–H and O–H groups in total. The number of carbonyl (C=O) groups excluding carboxylic acids is 2. The Balaban J connectivity index is 1.83. The molecule has 0 aliphatic rings. The first-order valence-corrected chi connectivity index (χ1v) is 8.49. The van der Waals surface area contributed by atoms with Crippen LogP contribution in [0.3, 0.4) is 0 Å². The van der Waals surface area contributed by atoms with E-state index < -0.39 is 35.1 Å². The van der Waals surface area contributed by atoms with Crippen molar-refractivity contribution in [1.82, 2.24) is 4.98 Å². The van der Waals surface area contributed by atoms with Gasteiger partial charge in [0.1, 0.15) is 0 Å².